The minimum Gasteiger partial charge on any atom is -0.383 e. The molecular formula is C12H17ClF3N3O2. The van der Waals surface area contributed by atoms with Crippen LogP contribution >= 0.6 is 11.6 Å². The highest BCUT2D eigenvalue weighted by atomic mass is 35.5. The number of nitrogens with one attached hydrogen (secondary N) is 1. The number of hydrogen-bond donors (Lipinski definition) is 1. The molecule has 0 spiro atoms. The van der Waals surface area contributed by atoms with Gasteiger partial charge in [0.2, 0.25) is 0 Å². The molecule has 1 aromatic rings. The second kappa shape index (κ2) is 7.65. The Labute approximate surface area is 125 Å². The molecule has 0 aliphatic rings. The summed E-state index contributed by atoms with van der Waals surface area (Å²) in [4.78, 5) is 11.8. The normalized spacial score (nSPS) is 13.2. The van der Waals surface area contributed by atoms with E-state index in [4.69, 9.17) is 16.3 Å². The summed E-state index contributed by atoms with van der Waals surface area (Å²) in [7, 11) is 1.53. The van der Waals surface area contributed by atoms with E-state index >= 15 is 0 Å². The lowest BCUT2D eigenvalue weighted by Crippen LogP contribution is -2.32. The van der Waals surface area contributed by atoms with E-state index in [-0.39, 0.29) is 16.8 Å². The lowest BCUT2D eigenvalue weighted by atomic mass is 10.2. The minimum atomic E-state index is -4.53. The van der Waals surface area contributed by atoms with Gasteiger partial charge in [-0.2, -0.15) is 18.3 Å². The number of rotatable bonds is 7. The van der Waals surface area contributed by atoms with E-state index < -0.39 is 18.3 Å². The van der Waals surface area contributed by atoms with Crippen molar-refractivity contribution in [1.82, 2.24) is 9.78 Å². The van der Waals surface area contributed by atoms with Crippen LogP contribution in [0.4, 0.5) is 18.9 Å². The Hall–Kier alpha value is -1.28. The minimum absolute atomic E-state index is 0.0998. The summed E-state index contributed by atoms with van der Waals surface area (Å²) in [5.41, 5.74) is -0.776. The zero-order valence-corrected chi connectivity index (χ0v) is 12.5. The average molecular weight is 328 g/mol. The van der Waals surface area contributed by atoms with E-state index in [1.807, 2.05) is 6.92 Å². The average Bonchev–Trinajstić information content (AvgIpc) is 2.37. The monoisotopic (exact) mass is 327 g/mol. The van der Waals surface area contributed by atoms with Gasteiger partial charge in [-0.25, -0.2) is 4.68 Å². The fourth-order valence-electron chi connectivity index (χ4n) is 1.81. The fraction of sp³-hybridized carbons (Fsp3) is 0.667. The van der Waals surface area contributed by atoms with Crippen molar-refractivity contribution in [1.29, 1.82) is 0 Å². The van der Waals surface area contributed by atoms with E-state index in [1.54, 1.807) is 0 Å². The maximum absolute atomic E-state index is 12.3. The second-order valence-electron chi connectivity index (χ2n) is 4.54. The Morgan fingerprint density at radius 2 is 2.19 bits per heavy atom. The zero-order chi connectivity index (χ0) is 16.0. The number of ether oxygens (including phenoxy) is 1. The van der Waals surface area contributed by atoms with Crippen LogP contribution < -0.4 is 10.9 Å². The number of nitrogens with zero attached hydrogens (tertiary/aromatic N) is 2. The molecular weight excluding hydrogens is 311 g/mol. The van der Waals surface area contributed by atoms with Crippen LogP contribution in [0.15, 0.2) is 11.0 Å². The molecule has 1 atom stereocenters. The largest absolute Gasteiger partial charge is 0.408 e. The molecule has 1 unspecified atom stereocenters. The molecule has 0 radical (unpaired) electrons. The number of alkyl halides is 3. The third kappa shape index (κ3) is 5.55. The van der Waals surface area contributed by atoms with Crippen LogP contribution in [0.3, 0.4) is 0 Å². The van der Waals surface area contributed by atoms with Gasteiger partial charge in [0.05, 0.1) is 18.5 Å². The first-order chi connectivity index (χ1) is 9.78. The van der Waals surface area contributed by atoms with Gasteiger partial charge >= 0.3 is 6.18 Å². The molecule has 0 saturated heterocycles. The predicted molar refractivity (Wildman–Crippen MR) is 73.8 cm³/mol. The number of halogens is 4. The highest BCUT2D eigenvalue weighted by Gasteiger charge is 2.29. The summed E-state index contributed by atoms with van der Waals surface area (Å²) >= 11 is 5.83. The van der Waals surface area contributed by atoms with Crippen molar-refractivity contribution in [2.75, 3.05) is 19.0 Å². The van der Waals surface area contributed by atoms with E-state index in [2.05, 4.69) is 10.4 Å². The SMILES string of the molecule is CCCC(COC)Nc1cnn(CC(F)(F)F)c(=O)c1Cl. The van der Waals surface area contributed by atoms with Crippen molar-refractivity contribution in [3.63, 3.8) is 0 Å². The van der Waals surface area contributed by atoms with Gasteiger partial charge in [0, 0.05) is 13.2 Å². The first kappa shape index (κ1) is 17.8. The second-order valence-corrected chi connectivity index (χ2v) is 4.91. The molecule has 0 aliphatic carbocycles. The number of anilines is 1. The first-order valence-electron chi connectivity index (χ1n) is 6.36. The van der Waals surface area contributed by atoms with Crippen LogP contribution in [0.2, 0.25) is 5.02 Å². The van der Waals surface area contributed by atoms with Crippen LogP contribution in [0.5, 0.6) is 0 Å². The van der Waals surface area contributed by atoms with Crippen molar-refractivity contribution in [2.45, 2.75) is 38.5 Å². The fourth-order valence-corrected chi connectivity index (χ4v) is 2.02. The van der Waals surface area contributed by atoms with Crippen molar-refractivity contribution in [3.05, 3.63) is 21.6 Å². The highest BCUT2D eigenvalue weighted by molar-refractivity contribution is 6.32. The van der Waals surface area contributed by atoms with E-state index in [0.717, 1.165) is 19.0 Å². The Balaban J connectivity index is 2.95. The summed E-state index contributed by atoms with van der Waals surface area (Å²) < 4.78 is 42.2. The molecule has 0 fully saturated rings. The van der Waals surface area contributed by atoms with E-state index in [9.17, 15) is 18.0 Å². The smallest absolute Gasteiger partial charge is 0.383 e. The molecule has 0 bridgehead atoms. The lowest BCUT2D eigenvalue weighted by Gasteiger charge is -2.19. The molecule has 5 nitrogen and oxygen atoms in total. The molecule has 9 heteroatoms. The van der Waals surface area contributed by atoms with Gasteiger partial charge in [0.1, 0.15) is 11.6 Å². The number of methoxy groups -OCH3 is 1. The quantitative estimate of drug-likeness (QED) is 0.836. The summed E-state index contributed by atoms with van der Waals surface area (Å²) in [6.45, 7) is 0.892. The highest BCUT2D eigenvalue weighted by Crippen LogP contribution is 2.20. The topological polar surface area (TPSA) is 56.1 Å². The van der Waals surface area contributed by atoms with E-state index in [0.29, 0.717) is 11.3 Å². The molecule has 1 heterocycles. The van der Waals surface area contributed by atoms with E-state index in [1.165, 1.54) is 7.11 Å². The van der Waals surface area contributed by atoms with Crippen LogP contribution in [0.1, 0.15) is 19.8 Å². The Morgan fingerprint density at radius 3 is 2.71 bits per heavy atom. The van der Waals surface area contributed by atoms with Gasteiger partial charge in [-0.05, 0) is 6.42 Å². The Bertz CT molecular complexity index is 513. The molecule has 0 aromatic carbocycles. The van der Waals surface area contributed by atoms with Gasteiger partial charge in [-0.15, -0.1) is 0 Å². The van der Waals surface area contributed by atoms with Gasteiger partial charge in [0.15, 0.2) is 0 Å². The van der Waals surface area contributed by atoms with Gasteiger partial charge in [-0.3, -0.25) is 4.79 Å². The van der Waals surface area contributed by atoms with Crippen molar-refractivity contribution >= 4 is 17.3 Å². The van der Waals surface area contributed by atoms with Crippen molar-refractivity contribution in [2.24, 2.45) is 0 Å². The number of aromatic nitrogens is 2. The lowest BCUT2D eigenvalue weighted by molar-refractivity contribution is -0.143. The summed E-state index contributed by atoms with van der Waals surface area (Å²) in [5, 5.41) is 6.15. The molecule has 120 valence electrons. The summed E-state index contributed by atoms with van der Waals surface area (Å²) in [6, 6.07) is -0.0998. The van der Waals surface area contributed by atoms with Gasteiger partial charge < -0.3 is 10.1 Å². The van der Waals surface area contributed by atoms with Gasteiger partial charge in [0.25, 0.3) is 5.56 Å². The first-order valence-corrected chi connectivity index (χ1v) is 6.74. The molecule has 0 aliphatic heterocycles. The van der Waals surface area contributed by atoms with Crippen LogP contribution in [0.25, 0.3) is 0 Å². The Morgan fingerprint density at radius 1 is 1.52 bits per heavy atom. The molecule has 1 rings (SSSR count). The van der Waals surface area contributed by atoms with Gasteiger partial charge in [-0.1, -0.05) is 24.9 Å². The standard InChI is InChI=1S/C12H17ClF3N3O2/c1-3-4-8(6-21-2)18-9-5-17-19(7-12(14,15)16)11(20)10(9)13/h5,8,18H,3-4,6-7H2,1-2H3. The molecule has 0 amide bonds. The predicted octanol–water partition coefficient (Wildman–Crippen LogP) is 2.69. The third-order valence-electron chi connectivity index (χ3n) is 2.68. The Kier molecular flexibility index (Phi) is 6.47. The molecule has 0 saturated carbocycles. The number of hydrogen-bond acceptors (Lipinski definition) is 4. The van der Waals surface area contributed by atoms with Crippen molar-refractivity contribution in [3.8, 4) is 0 Å². The van der Waals surface area contributed by atoms with Crippen molar-refractivity contribution < 1.29 is 17.9 Å². The summed E-state index contributed by atoms with van der Waals surface area (Å²) in [5.74, 6) is 0. The molecule has 21 heavy (non-hydrogen) atoms. The van der Waals surface area contributed by atoms with Crippen LogP contribution in [-0.4, -0.2) is 35.7 Å². The molecule has 1 aromatic heterocycles. The maximum Gasteiger partial charge on any atom is 0.408 e. The third-order valence-corrected chi connectivity index (χ3v) is 3.04. The molecule has 1 N–H and O–H groups in total. The summed E-state index contributed by atoms with van der Waals surface area (Å²) in [6.07, 6.45) is -1.78. The maximum atomic E-state index is 12.3. The van der Waals surface area contributed by atoms with Crippen LogP contribution in [0, 0.1) is 0 Å². The van der Waals surface area contributed by atoms with Crippen LogP contribution in [-0.2, 0) is 11.3 Å². The zero-order valence-electron chi connectivity index (χ0n) is 11.7.